The molecule has 0 aliphatic rings. The van der Waals surface area contributed by atoms with Gasteiger partial charge in [-0.3, -0.25) is 0 Å². The highest BCUT2D eigenvalue weighted by molar-refractivity contribution is 5.53. The number of hydrogen-bond donors (Lipinski definition) is 0. The highest BCUT2D eigenvalue weighted by Crippen LogP contribution is 2.15. The molecule has 1 unspecified atom stereocenters. The van der Waals surface area contributed by atoms with Crippen molar-refractivity contribution in [1.29, 1.82) is 0 Å². The fraction of sp³-hybridized carbons (Fsp3) is 0.944. The first kappa shape index (κ1) is 18.7. The van der Waals surface area contributed by atoms with Gasteiger partial charge in [-0.1, -0.05) is 90.9 Å². The molecule has 1 atom stereocenters. The topological polar surface area (TPSA) is 17.1 Å². The summed E-state index contributed by atoms with van der Waals surface area (Å²) in [5, 5.41) is 0. The Morgan fingerprint density at radius 2 is 1.11 bits per heavy atom. The van der Waals surface area contributed by atoms with Crippen LogP contribution in [0.15, 0.2) is 0 Å². The van der Waals surface area contributed by atoms with Gasteiger partial charge in [-0.25, -0.2) is 0 Å². The molecule has 0 bridgehead atoms. The summed E-state index contributed by atoms with van der Waals surface area (Å²) in [7, 11) is 0. The molecule has 0 rings (SSSR count). The summed E-state index contributed by atoms with van der Waals surface area (Å²) in [4.78, 5) is 10.8. The SMILES string of the molecule is CCCCCCCCCCCCCC(C=O)CCC. The van der Waals surface area contributed by atoms with Crippen molar-refractivity contribution >= 4 is 6.29 Å². The van der Waals surface area contributed by atoms with Gasteiger partial charge in [0.05, 0.1) is 0 Å². The van der Waals surface area contributed by atoms with Crippen LogP contribution in [0.25, 0.3) is 0 Å². The summed E-state index contributed by atoms with van der Waals surface area (Å²) < 4.78 is 0. The van der Waals surface area contributed by atoms with Crippen LogP contribution in [0.4, 0.5) is 0 Å². The molecule has 0 saturated carbocycles. The highest BCUT2D eigenvalue weighted by Gasteiger charge is 2.04. The predicted molar refractivity (Wildman–Crippen MR) is 85.5 cm³/mol. The number of carbonyl (C=O) groups is 1. The number of carbonyl (C=O) groups excluding carboxylic acids is 1. The predicted octanol–water partition coefficient (Wildman–Crippen LogP) is 6.30. The third-order valence-electron chi connectivity index (χ3n) is 4.03. The van der Waals surface area contributed by atoms with E-state index in [1.54, 1.807) is 0 Å². The smallest absolute Gasteiger partial charge is 0.123 e. The Kier molecular flexibility index (Phi) is 15.5. The van der Waals surface area contributed by atoms with E-state index in [2.05, 4.69) is 13.8 Å². The van der Waals surface area contributed by atoms with Gasteiger partial charge in [-0.05, 0) is 12.8 Å². The number of hydrogen-bond acceptors (Lipinski definition) is 1. The van der Waals surface area contributed by atoms with Crippen molar-refractivity contribution in [1.82, 2.24) is 0 Å². The molecule has 0 amide bonds. The largest absolute Gasteiger partial charge is 0.303 e. The zero-order valence-corrected chi connectivity index (χ0v) is 13.5. The molecule has 0 aliphatic heterocycles. The summed E-state index contributed by atoms with van der Waals surface area (Å²) >= 11 is 0. The van der Waals surface area contributed by atoms with E-state index < -0.39 is 0 Å². The van der Waals surface area contributed by atoms with E-state index in [9.17, 15) is 4.79 Å². The standard InChI is InChI=1S/C18H36O/c1-3-5-6-7-8-9-10-11-12-13-14-16-18(17-19)15-4-2/h17-18H,3-16H2,1-2H3. The molecule has 114 valence electrons. The first-order valence-corrected chi connectivity index (χ1v) is 8.80. The molecule has 0 N–H and O–H groups in total. The van der Waals surface area contributed by atoms with Crippen molar-refractivity contribution in [3.63, 3.8) is 0 Å². The normalized spacial score (nSPS) is 12.5. The van der Waals surface area contributed by atoms with Gasteiger partial charge in [-0.2, -0.15) is 0 Å². The van der Waals surface area contributed by atoms with E-state index in [0.717, 1.165) is 19.3 Å². The molecule has 0 aliphatic carbocycles. The Labute approximate surface area is 121 Å². The Morgan fingerprint density at radius 3 is 1.53 bits per heavy atom. The van der Waals surface area contributed by atoms with E-state index in [0.29, 0.717) is 5.92 Å². The quantitative estimate of drug-likeness (QED) is 0.251. The van der Waals surface area contributed by atoms with E-state index in [-0.39, 0.29) is 0 Å². The minimum absolute atomic E-state index is 0.337. The second-order valence-electron chi connectivity index (χ2n) is 6.01. The minimum Gasteiger partial charge on any atom is -0.303 e. The van der Waals surface area contributed by atoms with E-state index in [1.165, 1.54) is 76.9 Å². The van der Waals surface area contributed by atoms with Gasteiger partial charge in [0.15, 0.2) is 0 Å². The zero-order chi connectivity index (χ0) is 14.2. The van der Waals surface area contributed by atoms with Crippen LogP contribution in [0.5, 0.6) is 0 Å². The van der Waals surface area contributed by atoms with Crippen LogP contribution >= 0.6 is 0 Å². The molecule has 0 spiro atoms. The van der Waals surface area contributed by atoms with Crippen molar-refractivity contribution in [2.75, 3.05) is 0 Å². The van der Waals surface area contributed by atoms with Crippen molar-refractivity contribution in [3.8, 4) is 0 Å². The Bertz CT molecular complexity index is 177. The molecule has 0 saturated heterocycles. The summed E-state index contributed by atoms with van der Waals surface area (Å²) in [6.07, 6.45) is 19.8. The summed E-state index contributed by atoms with van der Waals surface area (Å²) in [5.74, 6) is 0.337. The zero-order valence-electron chi connectivity index (χ0n) is 13.5. The van der Waals surface area contributed by atoms with Crippen LogP contribution in [0.3, 0.4) is 0 Å². The van der Waals surface area contributed by atoms with Gasteiger partial charge in [0, 0.05) is 5.92 Å². The molecule has 0 fully saturated rings. The summed E-state index contributed by atoms with van der Waals surface area (Å²) in [5.41, 5.74) is 0. The minimum atomic E-state index is 0.337. The average Bonchev–Trinajstić information content (AvgIpc) is 2.43. The van der Waals surface area contributed by atoms with E-state index in [4.69, 9.17) is 0 Å². The van der Waals surface area contributed by atoms with Gasteiger partial charge in [0.2, 0.25) is 0 Å². The molecule has 19 heavy (non-hydrogen) atoms. The molecule has 0 aromatic carbocycles. The second kappa shape index (κ2) is 15.7. The molecule has 0 aromatic heterocycles. The lowest BCUT2D eigenvalue weighted by Gasteiger charge is -2.08. The molecule has 1 heteroatoms. The van der Waals surface area contributed by atoms with Gasteiger partial charge in [0.25, 0.3) is 0 Å². The summed E-state index contributed by atoms with van der Waals surface area (Å²) in [6, 6.07) is 0. The van der Waals surface area contributed by atoms with Crippen molar-refractivity contribution < 1.29 is 4.79 Å². The lowest BCUT2D eigenvalue weighted by molar-refractivity contribution is -0.111. The fourth-order valence-corrected chi connectivity index (χ4v) is 2.72. The second-order valence-corrected chi connectivity index (χ2v) is 6.01. The van der Waals surface area contributed by atoms with Crippen LogP contribution in [-0.2, 0) is 4.79 Å². The maximum absolute atomic E-state index is 10.8. The van der Waals surface area contributed by atoms with Gasteiger partial charge >= 0.3 is 0 Å². The van der Waals surface area contributed by atoms with E-state index >= 15 is 0 Å². The van der Waals surface area contributed by atoms with Crippen LogP contribution in [0.1, 0.15) is 104 Å². The van der Waals surface area contributed by atoms with Crippen molar-refractivity contribution in [2.45, 2.75) is 104 Å². The van der Waals surface area contributed by atoms with Crippen molar-refractivity contribution in [2.24, 2.45) is 5.92 Å². The first-order valence-electron chi connectivity index (χ1n) is 8.80. The Hall–Kier alpha value is -0.330. The lowest BCUT2D eigenvalue weighted by Crippen LogP contribution is -2.01. The molecule has 0 heterocycles. The van der Waals surface area contributed by atoms with E-state index in [1.807, 2.05) is 0 Å². The van der Waals surface area contributed by atoms with Crippen molar-refractivity contribution in [3.05, 3.63) is 0 Å². The Morgan fingerprint density at radius 1 is 0.632 bits per heavy atom. The Balaban J connectivity index is 3.11. The van der Waals surface area contributed by atoms with Crippen LogP contribution in [0, 0.1) is 5.92 Å². The lowest BCUT2D eigenvalue weighted by atomic mass is 9.97. The van der Waals surface area contributed by atoms with Crippen LogP contribution in [-0.4, -0.2) is 6.29 Å². The fourth-order valence-electron chi connectivity index (χ4n) is 2.72. The van der Waals surface area contributed by atoms with Gasteiger partial charge < -0.3 is 4.79 Å². The molecule has 0 aromatic rings. The molecule has 1 nitrogen and oxygen atoms in total. The van der Waals surface area contributed by atoms with Gasteiger partial charge in [0.1, 0.15) is 6.29 Å². The molecular formula is C18H36O. The maximum atomic E-state index is 10.8. The molecular weight excluding hydrogens is 232 g/mol. The maximum Gasteiger partial charge on any atom is 0.123 e. The number of aldehydes is 1. The van der Waals surface area contributed by atoms with Crippen LogP contribution < -0.4 is 0 Å². The molecule has 0 radical (unpaired) electrons. The number of rotatable bonds is 15. The third kappa shape index (κ3) is 13.9. The number of unbranched alkanes of at least 4 members (excludes halogenated alkanes) is 10. The van der Waals surface area contributed by atoms with Gasteiger partial charge in [-0.15, -0.1) is 0 Å². The summed E-state index contributed by atoms with van der Waals surface area (Å²) in [6.45, 7) is 4.44. The van der Waals surface area contributed by atoms with Crippen LogP contribution in [0.2, 0.25) is 0 Å². The third-order valence-corrected chi connectivity index (χ3v) is 4.03. The first-order chi connectivity index (χ1) is 9.35. The highest BCUT2D eigenvalue weighted by atomic mass is 16.1. The monoisotopic (exact) mass is 268 g/mol. The average molecular weight is 268 g/mol.